The third-order valence-electron chi connectivity index (χ3n) is 4.03. The molecule has 2 heterocycles. The van der Waals surface area contributed by atoms with Gasteiger partial charge in [-0.15, -0.1) is 0 Å². The van der Waals surface area contributed by atoms with E-state index in [4.69, 9.17) is 0 Å². The van der Waals surface area contributed by atoms with E-state index in [1.54, 1.807) is 0 Å². The number of nitrogens with zero attached hydrogens (tertiary/aromatic N) is 1. The predicted molar refractivity (Wildman–Crippen MR) is 82.6 cm³/mol. The molecule has 0 saturated carbocycles. The fourth-order valence-corrected chi connectivity index (χ4v) is 4.44. The maximum atomic E-state index is 3.82. The van der Waals surface area contributed by atoms with Crippen molar-refractivity contribution >= 4 is 17.4 Å². The van der Waals surface area contributed by atoms with Crippen LogP contribution in [0.1, 0.15) is 20.8 Å². The summed E-state index contributed by atoms with van der Waals surface area (Å²) in [5, 5.41) is 7.27. The Bertz CT molecular complexity index is 436. The Hall–Kier alpha value is -0.710. The quantitative estimate of drug-likeness (QED) is 0.825. The van der Waals surface area contributed by atoms with Gasteiger partial charge in [-0.1, -0.05) is 44.7 Å². The molecule has 2 aliphatic rings. The summed E-state index contributed by atoms with van der Waals surface area (Å²) in [6.45, 7) is 11.4. The Morgan fingerprint density at radius 3 is 2.47 bits per heavy atom. The van der Waals surface area contributed by atoms with Gasteiger partial charge < -0.3 is 10.6 Å². The van der Waals surface area contributed by atoms with E-state index in [1.165, 1.54) is 10.6 Å². The molecule has 0 bridgehead atoms. The van der Waals surface area contributed by atoms with E-state index in [0.29, 0.717) is 0 Å². The Morgan fingerprint density at radius 2 is 1.84 bits per heavy atom. The molecule has 2 N–H and O–H groups in total. The van der Waals surface area contributed by atoms with E-state index in [0.717, 1.165) is 26.2 Å². The molecule has 19 heavy (non-hydrogen) atoms. The summed E-state index contributed by atoms with van der Waals surface area (Å²) in [6, 6.07) is 8.66. The standard InChI is InChI=1S/C15H23N3S/c1-14(2,3)15(18-10-8-16-9-11-18)17-12-6-4-5-7-13(12)19-15/h4-7,16-17H,8-11H2,1-3H3. The fraction of sp³-hybridized carbons (Fsp3) is 0.600. The molecule has 4 heteroatoms. The molecule has 1 atom stereocenters. The molecule has 3 nitrogen and oxygen atoms in total. The molecular formula is C15H23N3S. The van der Waals surface area contributed by atoms with Crippen LogP contribution in [-0.4, -0.2) is 36.1 Å². The van der Waals surface area contributed by atoms with Gasteiger partial charge in [0.2, 0.25) is 0 Å². The molecule has 0 spiro atoms. The Balaban J connectivity index is 1.97. The van der Waals surface area contributed by atoms with Crippen LogP contribution in [0.3, 0.4) is 0 Å². The molecule has 1 fully saturated rings. The van der Waals surface area contributed by atoms with E-state index in [-0.39, 0.29) is 10.4 Å². The van der Waals surface area contributed by atoms with Crippen molar-refractivity contribution in [3.8, 4) is 0 Å². The summed E-state index contributed by atoms with van der Waals surface area (Å²) in [6.07, 6.45) is 0. The number of para-hydroxylation sites is 1. The van der Waals surface area contributed by atoms with E-state index < -0.39 is 0 Å². The first-order valence-corrected chi connectivity index (χ1v) is 7.87. The predicted octanol–water partition coefficient (Wildman–Crippen LogP) is 2.81. The first-order valence-electron chi connectivity index (χ1n) is 7.05. The van der Waals surface area contributed by atoms with Crippen molar-refractivity contribution < 1.29 is 0 Å². The summed E-state index contributed by atoms with van der Waals surface area (Å²) in [5.74, 6) is 0. The molecule has 0 aliphatic carbocycles. The SMILES string of the molecule is CC(C)(C)C1(N2CCNCC2)Nc2ccccc2S1. The molecular weight excluding hydrogens is 254 g/mol. The second kappa shape index (κ2) is 4.69. The normalized spacial score (nSPS) is 27.9. The molecule has 1 saturated heterocycles. The number of anilines is 1. The lowest BCUT2D eigenvalue weighted by Gasteiger charge is -2.50. The van der Waals surface area contributed by atoms with Gasteiger partial charge in [-0.25, -0.2) is 0 Å². The lowest BCUT2D eigenvalue weighted by Crippen LogP contribution is -2.62. The smallest absolute Gasteiger partial charge is 0.149 e. The summed E-state index contributed by atoms with van der Waals surface area (Å²) in [5.41, 5.74) is 1.44. The van der Waals surface area contributed by atoms with Crippen LogP contribution in [0.25, 0.3) is 0 Å². The molecule has 1 aromatic carbocycles. The van der Waals surface area contributed by atoms with Gasteiger partial charge in [0.1, 0.15) is 4.99 Å². The van der Waals surface area contributed by atoms with Crippen molar-refractivity contribution in [1.29, 1.82) is 0 Å². The second-order valence-corrected chi connectivity index (χ2v) is 7.59. The lowest BCUT2D eigenvalue weighted by molar-refractivity contribution is 0.0807. The first-order chi connectivity index (χ1) is 9.03. The van der Waals surface area contributed by atoms with Crippen LogP contribution in [0.2, 0.25) is 0 Å². The monoisotopic (exact) mass is 277 g/mol. The Morgan fingerprint density at radius 1 is 1.16 bits per heavy atom. The van der Waals surface area contributed by atoms with Crippen LogP contribution in [-0.2, 0) is 0 Å². The average molecular weight is 277 g/mol. The van der Waals surface area contributed by atoms with Gasteiger partial charge >= 0.3 is 0 Å². The highest BCUT2D eigenvalue weighted by Gasteiger charge is 2.51. The molecule has 3 rings (SSSR count). The average Bonchev–Trinajstić information content (AvgIpc) is 2.80. The highest BCUT2D eigenvalue weighted by molar-refractivity contribution is 8.01. The minimum absolute atomic E-state index is 0.0290. The molecule has 0 amide bonds. The largest absolute Gasteiger partial charge is 0.357 e. The number of fused-ring (bicyclic) bond motifs is 1. The number of rotatable bonds is 1. The van der Waals surface area contributed by atoms with Gasteiger partial charge in [-0.2, -0.15) is 0 Å². The van der Waals surface area contributed by atoms with Crippen molar-refractivity contribution in [2.75, 3.05) is 31.5 Å². The van der Waals surface area contributed by atoms with Gasteiger partial charge in [-0.05, 0) is 12.1 Å². The van der Waals surface area contributed by atoms with E-state index in [2.05, 4.69) is 60.6 Å². The Kier molecular flexibility index (Phi) is 3.28. The third-order valence-corrected chi connectivity index (χ3v) is 5.87. The van der Waals surface area contributed by atoms with Gasteiger partial charge in [0, 0.05) is 36.5 Å². The number of thioether (sulfide) groups is 1. The van der Waals surface area contributed by atoms with Crippen molar-refractivity contribution in [1.82, 2.24) is 10.2 Å². The van der Waals surface area contributed by atoms with Gasteiger partial charge in [0.25, 0.3) is 0 Å². The van der Waals surface area contributed by atoms with Crippen molar-refractivity contribution in [2.45, 2.75) is 30.7 Å². The van der Waals surface area contributed by atoms with Crippen LogP contribution >= 0.6 is 11.8 Å². The lowest BCUT2D eigenvalue weighted by atomic mass is 9.89. The molecule has 2 aliphatic heterocycles. The number of hydrogen-bond acceptors (Lipinski definition) is 4. The van der Waals surface area contributed by atoms with Crippen molar-refractivity contribution in [3.05, 3.63) is 24.3 Å². The van der Waals surface area contributed by atoms with Crippen LogP contribution in [0.4, 0.5) is 5.69 Å². The Labute approximate surface area is 120 Å². The third kappa shape index (κ3) is 2.16. The van der Waals surface area contributed by atoms with Gasteiger partial charge in [0.15, 0.2) is 0 Å². The highest BCUT2D eigenvalue weighted by Crippen LogP contribution is 2.54. The first kappa shape index (κ1) is 13.3. The number of benzene rings is 1. The highest BCUT2D eigenvalue weighted by atomic mass is 32.2. The molecule has 0 radical (unpaired) electrons. The summed E-state index contributed by atoms with van der Waals surface area (Å²) >= 11 is 1.98. The maximum absolute atomic E-state index is 3.82. The van der Waals surface area contributed by atoms with E-state index >= 15 is 0 Å². The topological polar surface area (TPSA) is 27.3 Å². The molecule has 1 aromatic rings. The minimum Gasteiger partial charge on any atom is -0.357 e. The maximum Gasteiger partial charge on any atom is 0.149 e. The van der Waals surface area contributed by atoms with E-state index in [9.17, 15) is 0 Å². The summed E-state index contributed by atoms with van der Waals surface area (Å²) < 4.78 is 0. The second-order valence-electron chi connectivity index (χ2n) is 6.35. The zero-order valence-corrected chi connectivity index (χ0v) is 12.8. The van der Waals surface area contributed by atoms with Crippen LogP contribution in [0.15, 0.2) is 29.2 Å². The zero-order valence-electron chi connectivity index (χ0n) is 12.0. The van der Waals surface area contributed by atoms with Gasteiger partial charge in [0.05, 0.1) is 5.69 Å². The number of hydrogen-bond donors (Lipinski definition) is 2. The van der Waals surface area contributed by atoms with Crippen LogP contribution in [0, 0.1) is 5.41 Å². The minimum atomic E-state index is -0.0290. The summed E-state index contributed by atoms with van der Waals surface area (Å²) in [4.78, 5) is 3.95. The summed E-state index contributed by atoms with van der Waals surface area (Å²) in [7, 11) is 0. The van der Waals surface area contributed by atoms with Crippen LogP contribution in [0.5, 0.6) is 0 Å². The van der Waals surface area contributed by atoms with Crippen LogP contribution < -0.4 is 10.6 Å². The zero-order chi connectivity index (χ0) is 13.5. The molecule has 0 aromatic heterocycles. The fourth-order valence-electron chi connectivity index (χ4n) is 2.96. The van der Waals surface area contributed by atoms with Crippen molar-refractivity contribution in [2.24, 2.45) is 5.41 Å². The van der Waals surface area contributed by atoms with Gasteiger partial charge in [-0.3, -0.25) is 4.90 Å². The number of piperazine rings is 1. The molecule has 1 unspecified atom stereocenters. The van der Waals surface area contributed by atoms with E-state index in [1.807, 2.05) is 11.8 Å². The number of nitrogens with one attached hydrogen (secondary N) is 2. The van der Waals surface area contributed by atoms with Crippen molar-refractivity contribution in [3.63, 3.8) is 0 Å². The molecule has 104 valence electrons.